The van der Waals surface area contributed by atoms with Crippen molar-refractivity contribution in [1.82, 2.24) is 4.90 Å². The Hall–Kier alpha value is -1.59. The maximum atomic E-state index is 12.4. The van der Waals surface area contributed by atoms with Gasteiger partial charge in [0.2, 0.25) is 5.91 Å². The number of carboxylic acid groups (broad SMARTS) is 1. The van der Waals surface area contributed by atoms with Crippen LogP contribution >= 0.6 is 0 Å². The first-order chi connectivity index (χ1) is 9.54. The van der Waals surface area contributed by atoms with Crippen molar-refractivity contribution < 1.29 is 24.2 Å². The number of carbonyl (C=O) groups is 3. The molecule has 6 nitrogen and oxygen atoms in total. The topological polar surface area (TPSA) is 83.9 Å². The monoisotopic (exact) mass is 283 g/mol. The van der Waals surface area contributed by atoms with Crippen molar-refractivity contribution in [2.45, 2.75) is 32.1 Å². The molecule has 1 amide bonds. The third-order valence-corrected chi connectivity index (χ3v) is 4.44. The number of amides is 1. The highest BCUT2D eigenvalue weighted by atomic mass is 16.5. The number of rotatable bonds is 3. The summed E-state index contributed by atoms with van der Waals surface area (Å²) in [5.74, 6) is -3.11. The van der Waals surface area contributed by atoms with Gasteiger partial charge in [-0.15, -0.1) is 0 Å². The number of carbonyl (C=O) groups excluding carboxylic acids is 2. The fourth-order valence-corrected chi connectivity index (χ4v) is 3.30. The number of likely N-dealkylation sites (tertiary alicyclic amines) is 1. The van der Waals surface area contributed by atoms with E-state index in [0.717, 1.165) is 25.9 Å². The van der Waals surface area contributed by atoms with Gasteiger partial charge in [-0.1, -0.05) is 0 Å². The van der Waals surface area contributed by atoms with Crippen molar-refractivity contribution in [3.05, 3.63) is 0 Å². The van der Waals surface area contributed by atoms with Gasteiger partial charge < -0.3 is 14.7 Å². The molecule has 6 heteroatoms. The van der Waals surface area contributed by atoms with E-state index in [-0.39, 0.29) is 11.8 Å². The molecule has 0 aromatic heterocycles. The number of carboxylic acids is 1. The molecule has 112 valence electrons. The molecule has 0 radical (unpaired) electrons. The second kappa shape index (κ2) is 6.24. The number of hydrogen-bond acceptors (Lipinski definition) is 4. The Kier molecular flexibility index (Phi) is 4.62. The average Bonchev–Trinajstić information content (AvgIpc) is 2.99. The molecule has 2 fully saturated rings. The van der Waals surface area contributed by atoms with E-state index in [2.05, 4.69) is 0 Å². The number of aliphatic carboxylic acids is 1. The summed E-state index contributed by atoms with van der Waals surface area (Å²) in [5.41, 5.74) is 0. The van der Waals surface area contributed by atoms with Gasteiger partial charge in [-0.2, -0.15) is 0 Å². The highest BCUT2D eigenvalue weighted by Gasteiger charge is 2.43. The van der Waals surface area contributed by atoms with Gasteiger partial charge in [0.1, 0.15) is 0 Å². The minimum atomic E-state index is -0.979. The van der Waals surface area contributed by atoms with E-state index in [4.69, 9.17) is 4.74 Å². The zero-order valence-electron chi connectivity index (χ0n) is 11.7. The Labute approximate surface area is 118 Å². The van der Waals surface area contributed by atoms with Crippen molar-refractivity contribution in [3.8, 4) is 0 Å². The van der Waals surface area contributed by atoms with Gasteiger partial charge in [0.15, 0.2) is 0 Å². The third-order valence-electron chi connectivity index (χ3n) is 4.44. The fourth-order valence-electron chi connectivity index (χ4n) is 3.30. The predicted octanol–water partition coefficient (Wildman–Crippen LogP) is 0.899. The van der Waals surface area contributed by atoms with Crippen molar-refractivity contribution in [2.24, 2.45) is 17.8 Å². The Bertz CT molecular complexity index is 402. The highest BCUT2D eigenvalue weighted by molar-refractivity contribution is 5.84. The van der Waals surface area contributed by atoms with Crippen molar-refractivity contribution in [2.75, 3.05) is 20.2 Å². The molecule has 1 N–H and O–H groups in total. The van der Waals surface area contributed by atoms with Crippen LogP contribution in [0.2, 0.25) is 0 Å². The molecule has 3 atom stereocenters. The highest BCUT2D eigenvalue weighted by Crippen LogP contribution is 2.36. The van der Waals surface area contributed by atoms with Crippen LogP contribution in [-0.2, 0) is 19.1 Å². The summed E-state index contributed by atoms with van der Waals surface area (Å²) < 4.78 is 4.70. The minimum absolute atomic E-state index is 0.0697. The summed E-state index contributed by atoms with van der Waals surface area (Å²) in [7, 11) is 1.26. The maximum Gasteiger partial charge on any atom is 0.309 e. The summed E-state index contributed by atoms with van der Waals surface area (Å²) in [4.78, 5) is 37.2. The third kappa shape index (κ3) is 2.94. The van der Waals surface area contributed by atoms with E-state index < -0.39 is 23.8 Å². The lowest BCUT2D eigenvalue weighted by Crippen LogP contribution is -2.42. The zero-order chi connectivity index (χ0) is 14.7. The van der Waals surface area contributed by atoms with Crippen molar-refractivity contribution >= 4 is 17.8 Å². The average molecular weight is 283 g/mol. The van der Waals surface area contributed by atoms with Gasteiger partial charge >= 0.3 is 11.9 Å². The standard InChI is InChI=1S/C14H21NO5/c1-20-14(19)11-8-9(4-5-10(11)13(17)18)12(16)15-6-2-3-7-15/h9-11H,2-8H2,1H3,(H,17,18)/t9?,10-,11-/m0/s1. The van der Waals surface area contributed by atoms with Crippen LogP contribution in [0.4, 0.5) is 0 Å². The van der Waals surface area contributed by atoms with Gasteiger partial charge in [-0.05, 0) is 32.1 Å². The molecule has 1 unspecified atom stereocenters. The van der Waals surface area contributed by atoms with E-state index in [1.807, 2.05) is 4.90 Å². The molecular formula is C14H21NO5. The smallest absolute Gasteiger partial charge is 0.309 e. The molecule has 0 spiro atoms. The lowest BCUT2D eigenvalue weighted by atomic mass is 9.73. The van der Waals surface area contributed by atoms with Crippen molar-refractivity contribution in [3.63, 3.8) is 0 Å². The molecule has 2 rings (SSSR count). The first-order valence-corrected chi connectivity index (χ1v) is 7.14. The SMILES string of the molecule is COC(=O)[C@H]1CC(C(=O)N2CCCC2)CC[C@@H]1C(=O)O. The first kappa shape index (κ1) is 14.8. The van der Waals surface area contributed by atoms with E-state index in [9.17, 15) is 19.5 Å². The molecule has 1 aliphatic heterocycles. The van der Waals surface area contributed by atoms with Crippen LogP contribution in [0.15, 0.2) is 0 Å². The lowest BCUT2D eigenvalue weighted by molar-refractivity contribution is -0.160. The Morgan fingerprint density at radius 3 is 2.30 bits per heavy atom. The van der Waals surface area contributed by atoms with Gasteiger partial charge in [0.25, 0.3) is 0 Å². The van der Waals surface area contributed by atoms with E-state index >= 15 is 0 Å². The number of esters is 1. The summed E-state index contributed by atoms with van der Waals surface area (Å²) >= 11 is 0. The Balaban J connectivity index is 2.05. The van der Waals surface area contributed by atoms with E-state index in [1.165, 1.54) is 7.11 Å². The quantitative estimate of drug-likeness (QED) is 0.778. The lowest BCUT2D eigenvalue weighted by Gasteiger charge is -2.33. The molecule has 2 aliphatic rings. The van der Waals surface area contributed by atoms with Crippen LogP contribution in [0.1, 0.15) is 32.1 Å². The second-order valence-corrected chi connectivity index (χ2v) is 5.62. The largest absolute Gasteiger partial charge is 0.481 e. The van der Waals surface area contributed by atoms with Gasteiger partial charge in [-0.3, -0.25) is 14.4 Å². The van der Waals surface area contributed by atoms with Crippen LogP contribution in [0.3, 0.4) is 0 Å². The minimum Gasteiger partial charge on any atom is -0.481 e. The predicted molar refractivity (Wildman–Crippen MR) is 69.8 cm³/mol. The molecule has 20 heavy (non-hydrogen) atoms. The van der Waals surface area contributed by atoms with Crippen LogP contribution in [-0.4, -0.2) is 48.1 Å². The summed E-state index contributed by atoms with van der Waals surface area (Å²) in [6.07, 6.45) is 3.24. The van der Waals surface area contributed by atoms with Crippen LogP contribution < -0.4 is 0 Å². The molecule has 0 aromatic carbocycles. The second-order valence-electron chi connectivity index (χ2n) is 5.62. The van der Waals surface area contributed by atoms with Gasteiger partial charge in [-0.25, -0.2) is 0 Å². The van der Waals surface area contributed by atoms with Gasteiger partial charge in [0, 0.05) is 19.0 Å². The zero-order valence-corrected chi connectivity index (χ0v) is 11.7. The number of ether oxygens (including phenoxy) is 1. The van der Waals surface area contributed by atoms with Gasteiger partial charge in [0.05, 0.1) is 18.9 Å². The molecule has 0 aromatic rings. The number of methoxy groups -OCH3 is 1. The number of nitrogens with zero attached hydrogens (tertiary/aromatic N) is 1. The van der Waals surface area contributed by atoms with Crippen LogP contribution in [0.25, 0.3) is 0 Å². The number of hydrogen-bond donors (Lipinski definition) is 1. The molecule has 1 aliphatic carbocycles. The summed E-state index contributed by atoms with van der Waals surface area (Å²) in [6.45, 7) is 1.56. The molecule has 0 bridgehead atoms. The molecular weight excluding hydrogens is 262 g/mol. The van der Waals surface area contributed by atoms with Crippen molar-refractivity contribution in [1.29, 1.82) is 0 Å². The van der Waals surface area contributed by atoms with E-state index in [1.54, 1.807) is 0 Å². The first-order valence-electron chi connectivity index (χ1n) is 7.14. The summed E-state index contributed by atoms with van der Waals surface area (Å²) in [5, 5.41) is 9.19. The maximum absolute atomic E-state index is 12.4. The molecule has 1 saturated heterocycles. The van der Waals surface area contributed by atoms with Crippen LogP contribution in [0, 0.1) is 17.8 Å². The Morgan fingerprint density at radius 2 is 1.75 bits per heavy atom. The Morgan fingerprint density at radius 1 is 1.10 bits per heavy atom. The fraction of sp³-hybridized carbons (Fsp3) is 0.786. The van der Waals surface area contributed by atoms with E-state index in [0.29, 0.717) is 19.3 Å². The molecule has 1 saturated carbocycles. The summed E-state index contributed by atoms with van der Waals surface area (Å²) in [6, 6.07) is 0. The normalized spacial score (nSPS) is 30.1. The molecule has 1 heterocycles. The van der Waals surface area contributed by atoms with Crippen LogP contribution in [0.5, 0.6) is 0 Å².